The average Bonchev–Trinajstić information content (AvgIpc) is 2.74. The SMILES string of the molecule is Cc1cc2nc3c(=O)[nH]c(=O)[nH]c3[n+](CCNc3cccc(C(=O)OC(C)(C)C)c3)c2cc1C. The van der Waals surface area contributed by atoms with Crippen molar-refractivity contribution in [2.75, 3.05) is 11.9 Å². The molecule has 34 heavy (non-hydrogen) atoms. The Morgan fingerprint density at radius 1 is 1.09 bits per heavy atom. The van der Waals surface area contributed by atoms with E-state index in [1.807, 2.05) is 57.4 Å². The molecule has 2 aromatic heterocycles. The van der Waals surface area contributed by atoms with Crippen LogP contribution in [0.25, 0.3) is 22.2 Å². The minimum absolute atomic E-state index is 0.169. The molecule has 0 atom stereocenters. The van der Waals surface area contributed by atoms with E-state index in [-0.39, 0.29) is 11.5 Å². The third kappa shape index (κ3) is 4.83. The zero-order chi connectivity index (χ0) is 24.6. The molecule has 0 fully saturated rings. The van der Waals surface area contributed by atoms with Gasteiger partial charge in [0.25, 0.3) is 5.56 Å². The second-order valence-electron chi connectivity index (χ2n) is 9.30. The Labute approximate surface area is 195 Å². The first-order chi connectivity index (χ1) is 16.0. The van der Waals surface area contributed by atoms with Gasteiger partial charge in [0.1, 0.15) is 17.7 Å². The highest BCUT2D eigenvalue weighted by Crippen LogP contribution is 2.18. The number of carbonyl (C=O) groups excluding carboxylic acids is 1. The van der Waals surface area contributed by atoms with E-state index in [9.17, 15) is 14.4 Å². The molecule has 0 saturated carbocycles. The number of hydrogen-bond donors (Lipinski definition) is 3. The molecular formula is C25H28N5O4+. The molecule has 0 bridgehead atoms. The number of carbonyl (C=O) groups is 1. The minimum atomic E-state index is -0.589. The van der Waals surface area contributed by atoms with Crippen molar-refractivity contribution in [3.05, 3.63) is 73.9 Å². The summed E-state index contributed by atoms with van der Waals surface area (Å²) in [7, 11) is 0. The highest BCUT2D eigenvalue weighted by atomic mass is 16.6. The number of H-pyrrole nitrogens is 2. The predicted molar refractivity (Wildman–Crippen MR) is 130 cm³/mol. The van der Waals surface area contributed by atoms with Crippen LogP contribution in [-0.4, -0.2) is 33.1 Å². The van der Waals surface area contributed by atoms with E-state index in [1.165, 1.54) is 0 Å². The normalized spacial score (nSPS) is 11.7. The number of esters is 1. The topological polar surface area (TPSA) is 121 Å². The maximum atomic E-state index is 12.4. The maximum absolute atomic E-state index is 12.4. The summed E-state index contributed by atoms with van der Waals surface area (Å²) < 4.78 is 7.33. The van der Waals surface area contributed by atoms with Gasteiger partial charge in [0.15, 0.2) is 5.52 Å². The van der Waals surface area contributed by atoms with Gasteiger partial charge in [-0.1, -0.05) is 6.07 Å². The number of aromatic amines is 2. The number of nitrogens with zero attached hydrogens (tertiary/aromatic N) is 2. The second-order valence-corrected chi connectivity index (χ2v) is 9.30. The number of ether oxygens (including phenoxy) is 1. The molecule has 9 nitrogen and oxygen atoms in total. The Balaban J connectivity index is 1.67. The molecule has 3 N–H and O–H groups in total. The fraction of sp³-hybridized carbons (Fsp3) is 0.320. The number of nitrogens with one attached hydrogen (secondary N) is 3. The zero-order valence-electron chi connectivity index (χ0n) is 19.9. The van der Waals surface area contributed by atoms with E-state index in [1.54, 1.807) is 18.2 Å². The highest BCUT2D eigenvalue weighted by Gasteiger charge is 2.20. The van der Waals surface area contributed by atoms with Gasteiger partial charge in [0.05, 0.1) is 12.1 Å². The van der Waals surface area contributed by atoms with Crippen LogP contribution in [0.3, 0.4) is 0 Å². The Hall–Kier alpha value is -4.01. The lowest BCUT2D eigenvalue weighted by atomic mass is 10.1. The Kier molecular flexibility index (Phi) is 5.95. The number of anilines is 1. The number of rotatable bonds is 5. The third-order valence-electron chi connectivity index (χ3n) is 5.44. The first-order valence-electron chi connectivity index (χ1n) is 11.1. The minimum Gasteiger partial charge on any atom is -0.456 e. The van der Waals surface area contributed by atoms with E-state index in [0.717, 1.165) is 22.3 Å². The largest absolute Gasteiger partial charge is 0.456 e. The van der Waals surface area contributed by atoms with Gasteiger partial charge < -0.3 is 10.1 Å². The molecule has 0 radical (unpaired) electrons. The average molecular weight is 463 g/mol. The Bertz CT molecular complexity index is 1530. The lowest BCUT2D eigenvalue weighted by Crippen LogP contribution is -2.43. The van der Waals surface area contributed by atoms with Crippen molar-refractivity contribution in [3.8, 4) is 0 Å². The molecule has 0 spiro atoms. The summed E-state index contributed by atoms with van der Waals surface area (Å²) in [6.07, 6.45) is 0. The van der Waals surface area contributed by atoms with Crippen molar-refractivity contribution < 1.29 is 14.1 Å². The zero-order valence-corrected chi connectivity index (χ0v) is 19.9. The number of aryl methyl sites for hydroxylation is 2. The Morgan fingerprint density at radius 2 is 1.82 bits per heavy atom. The Morgan fingerprint density at radius 3 is 2.56 bits per heavy atom. The van der Waals surface area contributed by atoms with Crippen LogP contribution in [0.1, 0.15) is 42.3 Å². The number of fused-ring (bicyclic) bond motifs is 2. The molecule has 176 valence electrons. The molecule has 0 aliphatic rings. The van der Waals surface area contributed by atoms with Gasteiger partial charge in [-0.15, -0.1) is 0 Å². The van der Waals surface area contributed by atoms with Crippen LogP contribution in [-0.2, 0) is 11.3 Å². The van der Waals surface area contributed by atoms with Gasteiger partial charge in [-0.05, 0) is 76.1 Å². The van der Waals surface area contributed by atoms with E-state index >= 15 is 0 Å². The summed E-state index contributed by atoms with van der Waals surface area (Å²) in [4.78, 5) is 46.3. The smallest absolute Gasteiger partial charge is 0.413 e. The van der Waals surface area contributed by atoms with Gasteiger partial charge in [-0.25, -0.2) is 19.1 Å². The van der Waals surface area contributed by atoms with Crippen molar-refractivity contribution in [1.82, 2.24) is 15.0 Å². The summed E-state index contributed by atoms with van der Waals surface area (Å²) in [6, 6.07) is 11.0. The van der Waals surface area contributed by atoms with Crippen molar-refractivity contribution in [2.45, 2.75) is 46.8 Å². The summed E-state index contributed by atoms with van der Waals surface area (Å²) in [5, 5.41) is 3.31. The van der Waals surface area contributed by atoms with Crippen molar-refractivity contribution >= 4 is 33.9 Å². The molecule has 0 amide bonds. The van der Waals surface area contributed by atoms with E-state index in [4.69, 9.17) is 4.74 Å². The molecule has 2 heterocycles. The van der Waals surface area contributed by atoms with Crippen molar-refractivity contribution in [1.29, 1.82) is 0 Å². The summed E-state index contributed by atoms with van der Waals surface area (Å²) in [6.45, 7) is 10.4. The van der Waals surface area contributed by atoms with Crippen molar-refractivity contribution in [3.63, 3.8) is 0 Å². The number of hydrogen-bond acceptors (Lipinski definition) is 6. The summed E-state index contributed by atoms with van der Waals surface area (Å²) in [5.74, 6) is -0.390. The van der Waals surface area contributed by atoms with Crippen LogP contribution in [0.2, 0.25) is 0 Å². The fourth-order valence-electron chi connectivity index (χ4n) is 3.74. The van der Waals surface area contributed by atoms with Gasteiger partial charge >= 0.3 is 17.3 Å². The van der Waals surface area contributed by atoms with E-state index < -0.39 is 16.9 Å². The number of aromatic nitrogens is 4. The molecule has 4 aromatic rings. The first kappa shape index (κ1) is 23.2. The molecule has 9 heteroatoms. The van der Waals surface area contributed by atoms with E-state index in [2.05, 4.69) is 20.3 Å². The molecule has 4 rings (SSSR count). The molecular weight excluding hydrogens is 434 g/mol. The second kappa shape index (κ2) is 8.74. The van der Waals surface area contributed by atoms with Crippen LogP contribution in [0, 0.1) is 13.8 Å². The fourth-order valence-corrected chi connectivity index (χ4v) is 3.74. The number of benzene rings is 2. The van der Waals surface area contributed by atoms with Gasteiger partial charge in [-0.2, -0.15) is 4.98 Å². The molecule has 0 unspecified atom stereocenters. The van der Waals surface area contributed by atoms with Gasteiger partial charge in [0.2, 0.25) is 5.52 Å². The lowest BCUT2D eigenvalue weighted by Gasteiger charge is -2.19. The van der Waals surface area contributed by atoms with Crippen molar-refractivity contribution in [2.24, 2.45) is 0 Å². The molecule has 0 saturated heterocycles. The quantitative estimate of drug-likeness (QED) is 0.238. The highest BCUT2D eigenvalue weighted by molar-refractivity contribution is 5.90. The first-order valence-corrected chi connectivity index (χ1v) is 11.1. The van der Waals surface area contributed by atoms with Gasteiger partial charge in [-0.3, -0.25) is 9.78 Å². The van der Waals surface area contributed by atoms with Crippen LogP contribution in [0.5, 0.6) is 0 Å². The third-order valence-corrected chi connectivity index (χ3v) is 5.44. The van der Waals surface area contributed by atoms with Crippen LogP contribution in [0.4, 0.5) is 5.69 Å². The molecule has 2 aromatic carbocycles. The van der Waals surface area contributed by atoms with Crippen LogP contribution >= 0.6 is 0 Å². The standard InChI is InChI=1S/C25H27N5O4/c1-14-11-18-19(12-15(14)2)30(21-20(27-18)22(31)29-24(33)28-21)10-9-26-17-8-6-7-16(13-17)23(32)34-25(3,4)5/h6-8,11-13,26H,9-10H2,1-5H3,(H,29,31,33)/p+1. The molecule has 0 aliphatic heterocycles. The van der Waals surface area contributed by atoms with Crippen LogP contribution < -0.4 is 21.1 Å². The van der Waals surface area contributed by atoms with Crippen LogP contribution in [0.15, 0.2) is 46.0 Å². The lowest BCUT2D eigenvalue weighted by molar-refractivity contribution is -0.644. The van der Waals surface area contributed by atoms with E-state index in [0.29, 0.717) is 29.8 Å². The summed E-state index contributed by atoms with van der Waals surface area (Å²) in [5.41, 5.74) is 3.64. The molecule has 0 aliphatic carbocycles. The maximum Gasteiger partial charge on any atom is 0.413 e. The predicted octanol–water partition coefficient (Wildman–Crippen LogP) is 2.74. The van der Waals surface area contributed by atoms with Gasteiger partial charge in [0, 0.05) is 5.69 Å². The monoisotopic (exact) mass is 462 g/mol. The summed E-state index contributed by atoms with van der Waals surface area (Å²) >= 11 is 0.